The first-order valence-electron chi connectivity index (χ1n) is 8.03. The van der Waals surface area contributed by atoms with Crippen molar-refractivity contribution in [2.24, 2.45) is 5.92 Å². The van der Waals surface area contributed by atoms with Crippen LogP contribution in [0.15, 0.2) is 12.7 Å². The van der Waals surface area contributed by atoms with Gasteiger partial charge in [-0.1, -0.05) is 13.8 Å². The molecule has 0 saturated carbocycles. The second kappa shape index (κ2) is 7.69. The van der Waals surface area contributed by atoms with Gasteiger partial charge in [-0.05, 0) is 19.9 Å². The highest BCUT2D eigenvalue weighted by Gasteiger charge is 2.26. The molecule has 124 valence electrons. The van der Waals surface area contributed by atoms with Crippen molar-refractivity contribution in [2.45, 2.75) is 32.9 Å². The molecule has 1 aliphatic heterocycles. The lowest BCUT2D eigenvalue weighted by molar-refractivity contribution is -0.124. The molecule has 2 atom stereocenters. The Hall–Kier alpha value is -1.47. The van der Waals surface area contributed by atoms with Crippen LogP contribution in [0.5, 0.6) is 0 Å². The molecule has 7 heteroatoms. The molecule has 22 heavy (non-hydrogen) atoms. The summed E-state index contributed by atoms with van der Waals surface area (Å²) in [6.07, 6.45) is 3.02. The molecule has 1 aromatic rings. The number of nitrogens with one attached hydrogen (secondary N) is 1. The number of likely N-dealkylation sites (N-methyl/N-ethyl adjacent to an activating group) is 1. The molecular weight excluding hydrogens is 280 g/mol. The van der Waals surface area contributed by atoms with E-state index in [1.807, 2.05) is 6.92 Å². The van der Waals surface area contributed by atoms with Gasteiger partial charge in [-0.15, -0.1) is 0 Å². The van der Waals surface area contributed by atoms with Crippen LogP contribution in [0, 0.1) is 5.92 Å². The standard InChI is InChI=1S/C15H28N6O/c1-12(2)14(20-7-5-19(4)6-8-20)9-17-15(22)13(3)21-11-16-10-18-21/h10-14H,5-9H2,1-4H3,(H,17,22)/t13-,14+/m0/s1. The van der Waals surface area contributed by atoms with Crippen LogP contribution in [0.2, 0.25) is 0 Å². The zero-order valence-corrected chi connectivity index (χ0v) is 14.1. The third kappa shape index (κ3) is 4.27. The molecular formula is C15H28N6O. The predicted molar refractivity (Wildman–Crippen MR) is 85.4 cm³/mol. The summed E-state index contributed by atoms with van der Waals surface area (Å²) in [5.74, 6) is 0.496. The summed E-state index contributed by atoms with van der Waals surface area (Å²) in [5.41, 5.74) is 0. The molecule has 1 N–H and O–H groups in total. The van der Waals surface area contributed by atoms with Gasteiger partial charge >= 0.3 is 0 Å². The fourth-order valence-corrected chi connectivity index (χ4v) is 2.83. The summed E-state index contributed by atoms with van der Waals surface area (Å²) in [4.78, 5) is 21.0. The van der Waals surface area contributed by atoms with E-state index in [1.54, 1.807) is 11.0 Å². The Morgan fingerprint density at radius 1 is 1.23 bits per heavy atom. The Labute approximate surface area is 132 Å². The molecule has 0 unspecified atom stereocenters. The van der Waals surface area contributed by atoms with Crippen LogP contribution in [0.25, 0.3) is 0 Å². The zero-order valence-electron chi connectivity index (χ0n) is 14.1. The minimum Gasteiger partial charge on any atom is -0.353 e. The number of nitrogens with zero attached hydrogens (tertiary/aromatic N) is 5. The molecule has 1 amide bonds. The van der Waals surface area contributed by atoms with Crippen molar-refractivity contribution in [2.75, 3.05) is 39.8 Å². The van der Waals surface area contributed by atoms with Gasteiger partial charge in [0.1, 0.15) is 18.7 Å². The molecule has 7 nitrogen and oxygen atoms in total. The van der Waals surface area contributed by atoms with Crippen LogP contribution < -0.4 is 5.32 Å². The molecule has 1 aliphatic rings. The van der Waals surface area contributed by atoms with E-state index in [0.29, 0.717) is 18.5 Å². The lowest BCUT2D eigenvalue weighted by Crippen LogP contribution is -2.54. The zero-order chi connectivity index (χ0) is 16.1. The van der Waals surface area contributed by atoms with E-state index in [4.69, 9.17) is 0 Å². The van der Waals surface area contributed by atoms with Gasteiger partial charge in [-0.3, -0.25) is 9.69 Å². The first-order valence-corrected chi connectivity index (χ1v) is 8.03. The van der Waals surface area contributed by atoms with Gasteiger partial charge in [0.25, 0.3) is 0 Å². The number of amides is 1. The SMILES string of the molecule is CC(C)[C@@H](CNC(=O)[C@H](C)n1cncn1)N1CCN(C)CC1. The first kappa shape index (κ1) is 16.9. The van der Waals surface area contributed by atoms with Gasteiger partial charge in [0.05, 0.1) is 0 Å². The fraction of sp³-hybridized carbons (Fsp3) is 0.800. The molecule has 0 aromatic carbocycles. The van der Waals surface area contributed by atoms with Crippen LogP contribution >= 0.6 is 0 Å². The van der Waals surface area contributed by atoms with Gasteiger partial charge in [0, 0.05) is 38.8 Å². The van der Waals surface area contributed by atoms with Crippen molar-refractivity contribution in [3.8, 4) is 0 Å². The highest BCUT2D eigenvalue weighted by atomic mass is 16.2. The number of piperazine rings is 1. The van der Waals surface area contributed by atoms with E-state index < -0.39 is 0 Å². The molecule has 0 radical (unpaired) electrons. The predicted octanol–water partition coefficient (Wildman–Crippen LogP) is 0.227. The molecule has 0 bridgehead atoms. The smallest absolute Gasteiger partial charge is 0.244 e. The van der Waals surface area contributed by atoms with Crippen molar-refractivity contribution in [1.29, 1.82) is 0 Å². The minimum atomic E-state index is -0.331. The van der Waals surface area contributed by atoms with Crippen LogP contribution in [-0.2, 0) is 4.79 Å². The van der Waals surface area contributed by atoms with E-state index in [2.05, 4.69) is 46.1 Å². The van der Waals surface area contributed by atoms with E-state index in [9.17, 15) is 4.79 Å². The Kier molecular flexibility index (Phi) is 5.90. The highest BCUT2D eigenvalue weighted by Crippen LogP contribution is 2.13. The number of rotatable bonds is 6. The number of hydrogen-bond acceptors (Lipinski definition) is 5. The third-order valence-electron chi connectivity index (χ3n) is 4.47. The molecule has 2 rings (SSSR count). The lowest BCUT2D eigenvalue weighted by Gasteiger charge is -2.40. The second-order valence-corrected chi connectivity index (χ2v) is 6.45. The molecule has 1 aromatic heterocycles. The number of carbonyl (C=O) groups excluding carboxylic acids is 1. The Bertz CT molecular complexity index is 453. The van der Waals surface area contributed by atoms with Crippen LogP contribution in [0.1, 0.15) is 26.8 Å². The summed E-state index contributed by atoms with van der Waals surface area (Å²) < 4.78 is 1.58. The summed E-state index contributed by atoms with van der Waals surface area (Å²) in [7, 11) is 2.16. The molecule has 0 spiro atoms. The topological polar surface area (TPSA) is 66.3 Å². The minimum absolute atomic E-state index is 0.00900. The van der Waals surface area contributed by atoms with E-state index >= 15 is 0 Å². The average Bonchev–Trinajstić information content (AvgIpc) is 3.02. The third-order valence-corrected chi connectivity index (χ3v) is 4.47. The lowest BCUT2D eigenvalue weighted by atomic mass is 10.0. The normalized spacial score (nSPS) is 20.0. The van der Waals surface area contributed by atoms with E-state index in [1.165, 1.54) is 6.33 Å². The largest absolute Gasteiger partial charge is 0.353 e. The molecule has 0 aliphatic carbocycles. The number of aromatic nitrogens is 3. The summed E-state index contributed by atoms with van der Waals surface area (Å²) in [5, 5.41) is 7.10. The Balaban J connectivity index is 1.87. The fourth-order valence-electron chi connectivity index (χ4n) is 2.83. The van der Waals surface area contributed by atoms with Crippen molar-refractivity contribution in [3.05, 3.63) is 12.7 Å². The highest BCUT2D eigenvalue weighted by molar-refractivity contribution is 5.79. The van der Waals surface area contributed by atoms with Gasteiger partial charge < -0.3 is 10.2 Å². The van der Waals surface area contributed by atoms with Gasteiger partial charge in [-0.25, -0.2) is 9.67 Å². The first-order chi connectivity index (χ1) is 10.5. The van der Waals surface area contributed by atoms with Gasteiger partial charge in [-0.2, -0.15) is 5.10 Å². The number of carbonyl (C=O) groups is 1. The van der Waals surface area contributed by atoms with Crippen molar-refractivity contribution in [1.82, 2.24) is 29.9 Å². The van der Waals surface area contributed by atoms with Crippen molar-refractivity contribution >= 4 is 5.91 Å². The van der Waals surface area contributed by atoms with E-state index in [0.717, 1.165) is 26.2 Å². The number of hydrogen-bond donors (Lipinski definition) is 1. The average molecular weight is 308 g/mol. The van der Waals surface area contributed by atoms with Crippen LogP contribution in [0.3, 0.4) is 0 Å². The molecule has 1 saturated heterocycles. The molecule has 2 heterocycles. The van der Waals surface area contributed by atoms with Crippen molar-refractivity contribution in [3.63, 3.8) is 0 Å². The Morgan fingerprint density at radius 2 is 1.91 bits per heavy atom. The van der Waals surface area contributed by atoms with Crippen LogP contribution in [-0.4, -0.2) is 76.3 Å². The maximum atomic E-state index is 12.3. The molecule has 1 fully saturated rings. The van der Waals surface area contributed by atoms with Crippen LogP contribution in [0.4, 0.5) is 0 Å². The quantitative estimate of drug-likeness (QED) is 0.815. The summed E-state index contributed by atoms with van der Waals surface area (Å²) in [6, 6.07) is 0.0448. The Morgan fingerprint density at radius 3 is 2.45 bits per heavy atom. The monoisotopic (exact) mass is 308 g/mol. The second-order valence-electron chi connectivity index (χ2n) is 6.45. The van der Waals surface area contributed by atoms with Crippen molar-refractivity contribution < 1.29 is 4.79 Å². The van der Waals surface area contributed by atoms with Gasteiger partial charge in [0.15, 0.2) is 0 Å². The van der Waals surface area contributed by atoms with E-state index in [-0.39, 0.29) is 11.9 Å². The van der Waals surface area contributed by atoms with Gasteiger partial charge in [0.2, 0.25) is 5.91 Å². The maximum Gasteiger partial charge on any atom is 0.244 e. The summed E-state index contributed by atoms with van der Waals surface area (Å²) in [6.45, 7) is 11.3. The maximum absolute atomic E-state index is 12.3. The summed E-state index contributed by atoms with van der Waals surface area (Å²) >= 11 is 0.